The first-order valence-electron chi connectivity index (χ1n) is 5.78. The Labute approximate surface area is 103 Å². The lowest BCUT2D eigenvalue weighted by atomic mass is 10.0. The molecule has 98 valence electrons. The van der Waals surface area contributed by atoms with Gasteiger partial charge in [0.05, 0.1) is 6.04 Å². The molecule has 1 aliphatic rings. The van der Waals surface area contributed by atoms with E-state index in [-0.39, 0.29) is 23.2 Å². The maximum Gasteiger partial charge on any atom is 0.332 e. The van der Waals surface area contributed by atoms with E-state index in [1.807, 2.05) is 0 Å². The summed E-state index contributed by atoms with van der Waals surface area (Å²) in [7, 11) is 2.78. The Morgan fingerprint density at radius 2 is 2.00 bits per heavy atom. The van der Waals surface area contributed by atoms with E-state index in [1.165, 1.54) is 14.1 Å². The number of Topliss-reactive ketones (excluding diaryl/α,β-unsaturated/α-hetero) is 1. The zero-order chi connectivity index (χ0) is 13.4. The molecule has 1 aromatic rings. The number of carbonyl (C=O) groups excluding carboxylic acids is 1. The number of nitrogens with one attached hydrogen (secondary N) is 1. The first kappa shape index (κ1) is 12.6. The van der Waals surface area contributed by atoms with Crippen LogP contribution in [0.4, 0.5) is 5.82 Å². The third kappa shape index (κ3) is 1.76. The Balaban J connectivity index is 2.61. The van der Waals surface area contributed by atoms with Gasteiger partial charge in [0.25, 0.3) is 5.56 Å². The number of carbonyl (C=O) groups is 1. The molecule has 0 spiro atoms. The standard InChI is InChI=1S/C11H16N4O3/c1-14-9(12)7(10(17)15(2)11(14)18)8(16)6-4-3-5-13-6/h6,13H,3-5,12H2,1-2H3/t6-/m1/s1. The normalized spacial score (nSPS) is 19.1. The molecule has 2 rings (SSSR count). The molecule has 0 amide bonds. The summed E-state index contributed by atoms with van der Waals surface area (Å²) in [6.07, 6.45) is 1.58. The van der Waals surface area contributed by atoms with Crippen molar-refractivity contribution in [2.75, 3.05) is 12.3 Å². The van der Waals surface area contributed by atoms with Crippen molar-refractivity contribution < 1.29 is 4.79 Å². The molecule has 3 N–H and O–H groups in total. The molecule has 7 heteroatoms. The number of hydrogen-bond acceptors (Lipinski definition) is 5. The van der Waals surface area contributed by atoms with Crippen LogP contribution in [0.2, 0.25) is 0 Å². The molecule has 1 aromatic heterocycles. The molecular weight excluding hydrogens is 236 g/mol. The van der Waals surface area contributed by atoms with Gasteiger partial charge in [-0.3, -0.25) is 18.7 Å². The van der Waals surface area contributed by atoms with E-state index >= 15 is 0 Å². The Hall–Kier alpha value is -1.89. The summed E-state index contributed by atoms with van der Waals surface area (Å²) >= 11 is 0. The molecule has 2 heterocycles. The second-order valence-electron chi connectivity index (χ2n) is 4.48. The smallest absolute Gasteiger partial charge is 0.332 e. The molecule has 1 saturated heterocycles. The highest BCUT2D eigenvalue weighted by Gasteiger charge is 2.28. The van der Waals surface area contributed by atoms with Crippen molar-refractivity contribution in [3.05, 3.63) is 26.4 Å². The first-order valence-corrected chi connectivity index (χ1v) is 5.78. The minimum Gasteiger partial charge on any atom is -0.384 e. The van der Waals surface area contributed by atoms with Crippen molar-refractivity contribution in [1.82, 2.24) is 14.5 Å². The predicted octanol–water partition coefficient (Wildman–Crippen LogP) is -1.40. The summed E-state index contributed by atoms with van der Waals surface area (Å²) in [5.74, 6) is -0.400. The summed E-state index contributed by atoms with van der Waals surface area (Å²) in [5, 5.41) is 3.02. The number of hydrogen-bond donors (Lipinski definition) is 2. The van der Waals surface area contributed by atoms with Gasteiger partial charge in [0, 0.05) is 14.1 Å². The van der Waals surface area contributed by atoms with Crippen LogP contribution in [0.1, 0.15) is 23.2 Å². The largest absolute Gasteiger partial charge is 0.384 e. The van der Waals surface area contributed by atoms with Gasteiger partial charge < -0.3 is 11.1 Å². The number of ketones is 1. The molecule has 1 aliphatic heterocycles. The fourth-order valence-corrected chi connectivity index (χ4v) is 2.17. The van der Waals surface area contributed by atoms with Crippen molar-refractivity contribution in [3.8, 4) is 0 Å². The van der Waals surface area contributed by atoms with Crippen molar-refractivity contribution in [2.45, 2.75) is 18.9 Å². The van der Waals surface area contributed by atoms with Crippen LogP contribution in [-0.4, -0.2) is 27.5 Å². The molecule has 0 aliphatic carbocycles. The van der Waals surface area contributed by atoms with Crippen molar-refractivity contribution >= 4 is 11.6 Å². The number of rotatable bonds is 2. The molecule has 1 atom stereocenters. The van der Waals surface area contributed by atoms with Gasteiger partial charge in [-0.25, -0.2) is 4.79 Å². The topological polar surface area (TPSA) is 99.1 Å². The molecule has 0 aromatic carbocycles. The number of aromatic nitrogens is 2. The van der Waals surface area contributed by atoms with Gasteiger partial charge in [0.15, 0.2) is 5.78 Å². The van der Waals surface area contributed by atoms with Crippen LogP contribution in [0, 0.1) is 0 Å². The van der Waals surface area contributed by atoms with Gasteiger partial charge in [0.2, 0.25) is 0 Å². The first-order chi connectivity index (χ1) is 8.45. The highest BCUT2D eigenvalue weighted by Crippen LogP contribution is 2.13. The van der Waals surface area contributed by atoms with Gasteiger partial charge >= 0.3 is 5.69 Å². The SMILES string of the molecule is Cn1c(N)c(C(=O)[C@H]2CCCN2)c(=O)n(C)c1=O. The molecule has 0 unspecified atom stereocenters. The van der Waals surface area contributed by atoms with Crippen LogP contribution >= 0.6 is 0 Å². The van der Waals surface area contributed by atoms with Crippen molar-refractivity contribution in [1.29, 1.82) is 0 Å². The fraction of sp³-hybridized carbons (Fsp3) is 0.545. The van der Waals surface area contributed by atoms with Crippen LogP contribution < -0.4 is 22.3 Å². The van der Waals surface area contributed by atoms with E-state index in [1.54, 1.807) is 0 Å². The lowest BCUT2D eigenvalue weighted by Gasteiger charge is -2.13. The number of nitrogen functional groups attached to an aromatic ring is 1. The van der Waals surface area contributed by atoms with Crippen molar-refractivity contribution in [3.63, 3.8) is 0 Å². The number of nitrogens with two attached hydrogens (primary N) is 1. The fourth-order valence-electron chi connectivity index (χ4n) is 2.17. The van der Waals surface area contributed by atoms with Crippen LogP contribution in [0.3, 0.4) is 0 Å². The van der Waals surface area contributed by atoms with E-state index in [0.29, 0.717) is 6.42 Å². The van der Waals surface area contributed by atoms with Crippen LogP contribution in [-0.2, 0) is 14.1 Å². The van der Waals surface area contributed by atoms with E-state index in [9.17, 15) is 14.4 Å². The monoisotopic (exact) mass is 252 g/mol. The maximum atomic E-state index is 12.2. The lowest BCUT2D eigenvalue weighted by Crippen LogP contribution is -2.44. The zero-order valence-corrected chi connectivity index (χ0v) is 10.4. The quantitative estimate of drug-likeness (QED) is 0.631. The molecule has 0 bridgehead atoms. The molecule has 0 radical (unpaired) electrons. The average molecular weight is 252 g/mol. The average Bonchev–Trinajstić information content (AvgIpc) is 2.88. The second kappa shape index (κ2) is 4.41. The Morgan fingerprint density at radius 3 is 2.56 bits per heavy atom. The van der Waals surface area contributed by atoms with E-state index < -0.39 is 11.2 Å². The van der Waals surface area contributed by atoms with E-state index in [2.05, 4.69) is 5.32 Å². The number of nitrogens with zero attached hydrogens (tertiary/aromatic N) is 2. The minimum absolute atomic E-state index is 0.0678. The molecule has 7 nitrogen and oxygen atoms in total. The summed E-state index contributed by atoms with van der Waals surface area (Å²) in [6.45, 7) is 0.752. The van der Waals surface area contributed by atoms with Crippen molar-refractivity contribution in [2.24, 2.45) is 14.1 Å². The Kier molecular flexibility index (Phi) is 3.08. The van der Waals surface area contributed by atoms with Crippen LogP contribution in [0.15, 0.2) is 9.59 Å². The highest BCUT2D eigenvalue weighted by atomic mass is 16.2. The summed E-state index contributed by atoms with van der Waals surface area (Å²) < 4.78 is 2.02. The molecular formula is C11H16N4O3. The molecule has 18 heavy (non-hydrogen) atoms. The van der Waals surface area contributed by atoms with Gasteiger partial charge in [-0.05, 0) is 19.4 Å². The summed E-state index contributed by atoms with van der Waals surface area (Å²) in [5.41, 5.74) is 4.46. The van der Waals surface area contributed by atoms with E-state index in [0.717, 1.165) is 22.1 Å². The number of anilines is 1. The highest BCUT2D eigenvalue weighted by molar-refractivity contribution is 6.03. The Morgan fingerprint density at radius 1 is 1.33 bits per heavy atom. The summed E-state index contributed by atoms with van der Waals surface area (Å²) in [4.78, 5) is 35.8. The third-order valence-electron chi connectivity index (χ3n) is 3.33. The zero-order valence-electron chi connectivity index (χ0n) is 10.4. The Bertz CT molecular complexity index is 608. The van der Waals surface area contributed by atoms with Gasteiger partial charge in [-0.15, -0.1) is 0 Å². The third-order valence-corrected chi connectivity index (χ3v) is 3.33. The minimum atomic E-state index is -0.630. The molecule has 0 saturated carbocycles. The summed E-state index contributed by atoms with van der Waals surface area (Å²) in [6, 6.07) is -0.377. The lowest BCUT2D eigenvalue weighted by molar-refractivity contribution is 0.0950. The van der Waals surface area contributed by atoms with Gasteiger partial charge in [-0.2, -0.15) is 0 Å². The van der Waals surface area contributed by atoms with E-state index in [4.69, 9.17) is 5.73 Å². The van der Waals surface area contributed by atoms with Gasteiger partial charge in [-0.1, -0.05) is 0 Å². The maximum absolute atomic E-state index is 12.2. The van der Waals surface area contributed by atoms with Crippen LogP contribution in [0.25, 0.3) is 0 Å². The second-order valence-corrected chi connectivity index (χ2v) is 4.48. The van der Waals surface area contributed by atoms with Crippen LogP contribution in [0.5, 0.6) is 0 Å². The molecule has 1 fully saturated rings. The van der Waals surface area contributed by atoms with Gasteiger partial charge in [0.1, 0.15) is 11.4 Å². The predicted molar refractivity (Wildman–Crippen MR) is 66.7 cm³/mol.